The molecular formula is C24H15FN2O4S. The number of halogens is 1. The number of pyridine rings is 1. The highest BCUT2D eigenvalue weighted by Gasteiger charge is 2.26. The molecule has 2 aromatic heterocycles. The van der Waals surface area contributed by atoms with Crippen molar-refractivity contribution in [3.05, 3.63) is 102 Å². The van der Waals surface area contributed by atoms with Gasteiger partial charge in [-0.1, -0.05) is 30.3 Å². The van der Waals surface area contributed by atoms with Crippen molar-refractivity contribution in [2.24, 2.45) is 0 Å². The SMILES string of the molecule is O=C(c1cc(S(=O)(=O)c2ccccc2)c2nc3ccccc3n2c1)c1cc(F)ccc1O. The van der Waals surface area contributed by atoms with Crippen LogP contribution in [0.1, 0.15) is 15.9 Å². The zero-order valence-electron chi connectivity index (χ0n) is 16.4. The second-order valence-corrected chi connectivity index (χ2v) is 9.11. The van der Waals surface area contributed by atoms with Crippen LogP contribution in [0, 0.1) is 5.82 Å². The van der Waals surface area contributed by atoms with Crippen LogP contribution < -0.4 is 0 Å². The summed E-state index contributed by atoms with van der Waals surface area (Å²) in [6.45, 7) is 0. The lowest BCUT2D eigenvalue weighted by atomic mass is 10.0. The summed E-state index contributed by atoms with van der Waals surface area (Å²) in [6.07, 6.45) is 1.45. The number of phenolic OH excluding ortho intramolecular Hbond substituents is 1. The number of carbonyl (C=O) groups excluding carboxylic acids is 1. The van der Waals surface area contributed by atoms with Crippen molar-refractivity contribution in [3.8, 4) is 5.75 Å². The number of benzene rings is 3. The monoisotopic (exact) mass is 446 g/mol. The summed E-state index contributed by atoms with van der Waals surface area (Å²) in [7, 11) is -4.04. The normalized spacial score (nSPS) is 11.8. The molecule has 0 aliphatic rings. The molecule has 158 valence electrons. The van der Waals surface area contributed by atoms with E-state index >= 15 is 0 Å². The number of fused-ring (bicyclic) bond motifs is 3. The summed E-state index contributed by atoms with van der Waals surface area (Å²) in [5.74, 6) is -1.82. The van der Waals surface area contributed by atoms with E-state index in [9.17, 15) is 22.7 Å². The van der Waals surface area contributed by atoms with Crippen LogP contribution in [0.25, 0.3) is 16.7 Å². The molecule has 2 heterocycles. The van der Waals surface area contributed by atoms with Crippen molar-refractivity contribution in [2.45, 2.75) is 9.79 Å². The highest BCUT2D eigenvalue weighted by molar-refractivity contribution is 7.91. The largest absolute Gasteiger partial charge is 0.507 e. The Bertz CT molecular complexity index is 1630. The fourth-order valence-corrected chi connectivity index (χ4v) is 5.06. The number of aromatic nitrogens is 2. The summed E-state index contributed by atoms with van der Waals surface area (Å²) in [4.78, 5) is 17.5. The molecule has 0 amide bonds. The van der Waals surface area contributed by atoms with E-state index in [0.717, 1.165) is 18.2 Å². The van der Waals surface area contributed by atoms with E-state index < -0.39 is 27.2 Å². The topological polar surface area (TPSA) is 88.7 Å². The van der Waals surface area contributed by atoms with Crippen LogP contribution in [0.15, 0.2) is 94.9 Å². The lowest BCUT2D eigenvalue weighted by Gasteiger charge is -2.10. The number of ketones is 1. The molecule has 6 nitrogen and oxygen atoms in total. The minimum atomic E-state index is -4.04. The van der Waals surface area contributed by atoms with Gasteiger partial charge in [-0.25, -0.2) is 17.8 Å². The van der Waals surface area contributed by atoms with Gasteiger partial charge in [0.25, 0.3) is 0 Å². The summed E-state index contributed by atoms with van der Waals surface area (Å²) in [5.41, 5.74) is 1.02. The predicted octanol–water partition coefficient (Wildman–Crippen LogP) is 4.40. The van der Waals surface area contributed by atoms with Gasteiger partial charge in [0.05, 0.1) is 21.5 Å². The summed E-state index contributed by atoms with van der Waals surface area (Å²) in [6, 6.07) is 19.1. The highest BCUT2D eigenvalue weighted by Crippen LogP contribution is 2.30. The first-order chi connectivity index (χ1) is 15.4. The Balaban J connectivity index is 1.84. The van der Waals surface area contributed by atoms with Crippen molar-refractivity contribution < 1.29 is 22.7 Å². The molecule has 0 aliphatic heterocycles. The van der Waals surface area contributed by atoms with E-state index in [4.69, 9.17) is 0 Å². The molecule has 5 rings (SSSR count). The van der Waals surface area contributed by atoms with Gasteiger partial charge in [0.2, 0.25) is 9.84 Å². The van der Waals surface area contributed by atoms with Crippen LogP contribution in [-0.2, 0) is 9.84 Å². The Morgan fingerprint density at radius 3 is 2.44 bits per heavy atom. The molecule has 5 aromatic rings. The molecule has 0 saturated carbocycles. The zero-order chi connectivity index (χ0) is 22.5. The summed E-state index contributed by atoms with van der Waals surface area (Å²) >= 11 is 0. The number of hydrogen-bond acceptors (Lipinski definition) is 5. The fraction of sp³-hybridized carbons (Fsp3) is 0. The Morgan fingerprint density at radius 1 is 0.938 bits per heavy atom. The molecule has 0 bridgehead atoms. The maximum Gasteiger partial charge on any atom is 0.210 e. The van der Waals surface area contributed by atoms with E-state index in [1.165, 1.54) is 28.8 Å². The number of rotatable bonds is 4. The van der Waals surface area contributed by atoms with Crippen molar-refractivity contribution in [1.29, 1.82) is 0 Å². The molecule has 1 N–H and O–H groups in total. The number of imidazole rings is 1. The third-order valence-corrected chi connectivity index (χ3v) is 6.95. The van der Waals surface area contributed by atoms with E-state index in [1.807, 2.05) is 0 Å². The van der Waals surface area contributed by atoms with Crippen LogP contribution in [0.5, 0.6) is 5.75 Å². The Morgan fingerprint density at radius 2 is 1.66 bits per heavy atom. The molecule has 0 unspecified atom stereocenters. The highest BCUT2D eigenvalue weighted by atomic mass is 32.2. The number of nitrogens with zero attached hydrogens (tertiary/aromatic N) is 2. The fourth-order valence-electron chi connectivity index (χ4n) is 3.63. The van der Waals surface area contributed by atoms with Crippen LogP contribution in [0.4, 0.5) is 4.39 Å². The molecular weight excluding hydrogens is 431 g/mol. The van der Waals surface area contributed by atoms with E-state index in [1.54, 1.807) is 42.5 Å². The predicted molar refractivity (Wildman–Crippen MR) is 116 cm³/mol. The average molecular weight is 446 g/mol. The van der Waals surface area contributed by atoms with Crippen LogP contribution >= 0.6 is 0 Å². The standard InChI is InChI=1S/C24H15FN2O4S/c25-16-10-11-21(28)18(13-16)23(29)15-12-22(32(30,31)17-6-2-1-3-7-17)24-26-19-8-4-5-9-20(19)27(24)14-15/h1-14,28H. The van der Waals surface area contributed by atoms with Gasteiger partial charge >= 0.3 is 0 Å². The second-order valence-electron chi connectivity index (χ2n) is 7.19. The molecule has 0 aliphatic carbocycles. The van der Waals surface area contributed by atoms with Crippen molar-refractivity contribution in [3.63, 3.8) is 0 Å². The Hall–Kier alpha value is -4.04. The van der Waals surface area contributed by atoms with Gasteiger partial charge in [0, 0.05) is 11.8 Å². The minimum absolute atomic E-state index is 0.0314. The van der Waals surface area contributed by atoms with Gasteiger partial charge < -0.3 is 5.11 Å². The first-order valence-electron chi connectivity index (χ1n) is 9.60. The lowest BCUT2D eigenvalue weighted by Crippen LogP contribution is -2.10. The summed E-state index contributed by atoms with van der Waals surface area (Å²) < 4.78 is 42.2. The Labute approximate surface area is 182 Å². The quantitative estimate of drug-likeness (QED) is 0.414. The van der Waals surface area contributed by atoms with Gasteiger partial charge in [-0.2, -0.15) is 0 Å². The number of carbonyl (C=O) groups is 1. The first-order valence-corrected chi connectivity index (χ1v) is 11.1. The van der Waals surface area contributed by atoms with Crippen LogP contribution in [0.3, 0.4) is 0 Å². The average Bonchev–Trinajstić information content (AvgIpc) is 3.18. The number of aromatic hydroxyl groups is 1. The van der Waals surface area contributed by atoms with Crippen molar-refractivity contribution in [1.82, 2.24) is 9.38 Å². The minimum Gasteiger partial charge on any atom is -0.507 e. The second kappa shape index (κ2) is 7.28. The molecule has 32 heavy (non-hydrogen) atoms. The van der Waals surface area contributed by atoms with Gasteiger partial charge in [0.15, 0.2) is 11.4 Å². The lowest BCUT2D eigenvalue weighted by molar-refractivity contribution is 0.103. The zero-order valence-corrected chi connectivity index (χ0v) is 17.3. The maximum absolute atomic E-state index is 13.8. The van der Waals surface area contributed by atoms with Gasteiger partial charge in [0.1, 0.15) is 16.5 Å². The van der Waals surface area contributed by atoms with E-state index in [2.05, 4.69) is 4.98 Å². The number of hydrogen-bond donors (Lipinski definition) is 1. The first kappa shape index (κ1) is 19.9. The van der Waals surface area contributed by atoms with Gasteiger partial charge in [-0.3, -0.25) is 9.20 Å². The number of para-hydroxylation sites is 2. The van der Waals surface area contributed by atoms with E-state index in [0.29, 0.717) is 11.0 Å². The molecule has 3 aromatic carbocycles. The van der Waals surface area contributed by atoms with Crippen LogP contribution in [-0.4, -0.2) is 28.7 Å². The van der Waals surface area contributed by atoms with E-state index in [-0.39, 0.29) is 26.6 Å². The summed E-state index contributed by atoms with van der Waals surface area (Å²) in [5, 5.41) is 10.1. The third kappa shape index (κ3) is 3.12. The van der Waals surface area contributed by atoms with Gasteiger partial charge in [-0.15, -0.1) is 0 Å². The molecule has 8 heteroatoms. The van der Waals surface area contributed by atoms with Gasteiger partial charge in [-0.05, 0) is 48.5 Å². The molecule has 0 atom stereocenters. The molecule has 0 fully saturated rings. The molecule has 0 saturated heterocycles. The van der Waals surface area contributed by atoms with Crippen LogP contribution in [0.2, 0.25) is 0 Å². The molecule has 0 spiro atoms. The number of sulfone groups is 1. The smallest absolute Gasteiger partial charge is 0.210 e. The third-order valence-electron chi connectivity index (χ3n) is 5.18. The Kier molecular flexibility index (Phi) is 4.53. The maximum atomic E-state index is 13.8. The molecule has 0 radical (unpaired) electrons. The van der Waals surface area contributed by atoms with Crippen molar-refractivity contribution in [2.75, 3.05) is 0 Å². The van der Waals surface area contributed by atoms with Crippen molar-refractivity contribution >= 4 is 32.3 Å². The number of phenols is 1.